The minimum atomic E-state index is -1.44. The van der Waals surface area contributed by atoms with Gasteiger partial charge in [0.05, 0.1) is 29.1 Å². The summed E-state index contributed by atoms with van der Waals surface area (Å²) in [6, 6.07) is 7.93. The Kier molecular flexibility index (Phi) is 5.37. The number of aliphatic hydroxyl groups is 2. The van der Waals surface area contributed by atoms with Crippen LogP contribution in [0.25, 0.3) is 17.1 Å². The van der Waals surface area contributed by atoms with Gasteiger partial charge in [0, 0.05) is 18.0 Å². The van der Waals surface area contributed by atoms with Crippen LogP contribution in [0.3, 0.4) is 0 Å². The maximum absolute atomic E-state index is 13.8. The fraction of sp³-hybridized carbons (Fsp3) is 0.567. The number of benzene rings is 1. The second-order valence-electron chi connectivity index (χ2n) is 12.6. The van der Waals surface area contributed by atoms with E-state index < -0.39 is 17.1 Å². The number of hydrogen-bond donors (Lipinski definition) is 2. The lowest BCUT2D eigenvalue weighted by molar-refractivity contribution is -0.177. The Morgan fingerprint density at radius 1 is 1.26 bits per heavy atom. The van der Waals surface area contributed by atoms with Gasteiger partial charge in [0.25, 0.3) is 0 Å². The molecule has 3 unspecified atom stereocenters. The number of hydrogen-bond acceptors (Lipinski definition) is 7. The lowest BCUT2D eigenvalue weighted by atomic mass is 9.45. The van der Waals surface area contributed by atoms with Gasteiger partial charge in [0.15, 0.2) is 16.7 Å². The van der Waals surface area contributed by atoms with E-state index in [4.69, 9.17) is 9.51 Å². The summed E-state index contributed by atoms with van der Waals surface area (Å²) in [5.41, 5.74) is 2.12. The molecule has 7 rings (SSSR count). The largest absolute Gasteiger partial charge is 0.393 e. The fourth-order valence-corrected chi connectivity index (χ4v) is 9.94. The zero-order valence-electron chi connectivity index (χ0n) is 22.2. The topological polar surface area (TPSA) is 101 Å². The van der Waals surface area contributed by atoms with E-state index in [1.54, 1.807) is 0 Å². The van der Waals surface area contributed by atoms with Crippen molar-refractivity contribution in [3.05, 3.63) is 47.4 Å². The van der Waals surface area contributed by atoms with Crippen LogP contribution in [0.15, 0.2) is 45.7 Å². The highest BCUT2D eigenvalue weighted by molar-refractivity contribution is 7.99. The molecule has 7 atom stereocenters. The Morgan fingerprint density at radius 3 is 2.89 bits per heavy atom. The molecule has 0 radical (unpaired) electrons. The average Bonchev–Trinajstić information content (AvgIpc) is 3.55. The van der Waals surface area contributed by atoms with E-state index in [0.29, 0.717) is 12.8 Å². The van der Waals surface area contributed by atoms with Crippen LogP contribution in [0, 0.1) is 28.6 Å². The highest BCUT2D eigenvalue weighted by Crippen LogP contribution is 2.67. The minimum Gasteiger partial charge on any atom is -0.393 e. The average molecular weight is 534 g/mol. The number of carbonyl (C=O) groups is 1. The van der Waals surface area contributed by atoms with Gasteiger partial charge in [-0.05, 0) is 79.9 Å². The van der Waals surface area contributed by atoms with Gasteiger partial charge in [-0.3, -0.25) is 4.79 Å². The van der Waals surface area contributed by atoms with Crippen molar-refractivity contribution in [1.82, 2.24) is 14.7 Å². The fourth-order valence-electron chi connectivity index (χ4n) is 8.98. The smallest absolute Gasteiger partial charge is 0.175 e. The number of nitrogens with zero attached hydrogens (tertiary/aromatic N) is 3. The van der Waals surface area contributed by atoms with Crippen LogP contribution in [0.2, 0.25) is 0 Å². The van der Waals surface area contributed by atoms with Crippen molar-refractivity contribution < 1.29 is 19.5 Å². The molecule has 2 heterocycles. The van der Waals surface area contributed by atoms with Gasteiger partial charge in [-0.15, -0.1) is 0 Å². The quantitative estimate of drug-likeness (QED) is 0.464. The molecular formula is C30H35N3O4S. The minimum absolute atomic E-state index is 0.0930. The molecule has 7 nitrogen and oxygen atoms in total. The molecule has 38 heavy (non-hydrogen) atoms. The maximum Gasteiger partial charge on any atom is 0.175 e. The Morgan fingerprint density at radius 2 is 2.08 bits per heavy atom. The summed E-state index contributed by atoms with van der Waals surface area (Å²) in [6.07, 6.45) is 7.83. The van der Waals surface area contributed by atoms with Crippen molar-refractivity contribution in [2.24, 2.45) is 35.6 Å². The van der Waals surface area contributed by atoms with Gasteiger partial charge in [-0.2, -0.15) is 0 Å². The summed E-state index contributed by atoms with van der Waals surface area (Å²) < 4.78 is 7.47. The van der Waals surface area contributed by atoms with Crippen molar-refractivity contribution in [2.45, 2.75) is 69.2 Å². The standard InChI is InChI=1S/C30H35N3O4S/c1-28-13-17-15-31-37-24(17)12-18(28)8-9-19-20-10-11-30(36,29(20,2)14-23(34)26(19)28)25(35)16-38-27-32-21-6-4-5-7-22(21)33(27)3/h4-7,12,15,19-20,23,26,34,36H,8-11,13-14,16H2,1-3H3/t19?,20?,23-,26?,28-,29-,30-/m0/s1. The first kappa shape index (κ1) is 24.6. The lowest BCUT2D eigenvalue weighted by Gasteiger charge is -2.60. The van der Waals surface area contributed by atoms with Crippen LogP contribution in [0.4, 0.5) is 0 Å². The van der Waals surface area contributed by atoms with Crippen LogP contribution in [-0.2, 0) is 18.3 Å². The van der Waals surface area contributed by atoms with E-state index in [-0.39, 0.29) is 34.7 Å². The molecule has 1 aromatic carbocycles. The monoisotopic (exact) mass is 533 g/mol. The zero-order chi connectivity index (χ0) is 26.4. The van der Waals surface area contributed by atoms with Crippen molar-refractivity contribution in [3.8, 4) is 0 Å². The molecule has 3 aromatic rings. The van der Waals surface area contributed by atoms with E-state index in [2.05, 4.69) is 25.1 Å². The number of carbonyl (C=O) groups excluding carboxylic acids is 1. The highest BCUT2D eigenvalue weighted by Gasteiger charge is 2.68. The van der Waals surface area contributed by atoms with Gasteiger partial charge in [-0.1, -0.05) is 48.5 Å². The molecule has 2 N–H and O–H groups in total. The predicted octanol–water partition coefficient (Wildman–Crippen LogP) is 4.81. The third kappa shape index (κ3) is 3.20. The summed E-state index contributed by atoms with van der Waals surface area (Å²) in [7, 11) is 1.96. The number of para-hydroxylation sites is 2. The Bertz CT molecular complexity index is 1480. The van der Waals surface area contributed by atoms with Gasteiger partial charge in [0.1, 0.15) is 5.60 Å². The van der Waals surface area contributed by atoms with E-state index in [0.717, 1.165) is 53.2 Å². The van der Waals surface area contributed by atoms with E-state index in [9.17, 15) is 15.0 Å². The van der Waals surface area contributed by atoms with Crippen molar-refractivity contribution in [2.75, 3.05) is 5.75 Å². The number of allylic oxidation sites excluding steroid dienone is 1. The van der Waals surface area contributed by atoms with Gasteiger partial charge in [-0.25, -0.2) is 4.98 Å². The van der Waals surface area contributed by atoms with Gasteiger partial charge in [0.2, 0.25) is 0 Å². The molecule has 8 heteroatoms. The van der Waals surface area contributed by atoms with Crippen LogP contribution in [-0.4, -0.2) is 48.2 Å². The second kappa shape index (κ2) is 8.29. The summed E-state index contributed by atoms with van der Waals surface area (Å²) in [4.78, 5) is 18.5. The molecule has 0 saturated heterocycles. The molecule has 0 bridgehead atoms. The molecule has 2 aromatic heterocycles. The first-order valence-corrected chi connectivity index (χ1v) is 14.8. The number of aryl methyl sites for hydroxylation is 1. The van der Waals surface area contributed by atoms with Crippen LogP contribution in [0.5, 0.6) is 0 Å². The number of imidazole rings is 1. The van der Waals surface area contributed by atoms with Crippen molar-refractivity contribution >= 4 is 34.7 Å². The maximum atomic E-state index is 13.8. The molecule has 0 spiro atoms. The molecule has 4 aliphatic carbocycles. The Labute approximate surface area is 226 Å². The molecule has 0 aliphatic heterocycles. The Hall–Kier alpha value is -2.42. The zero-order valence-corrected chi connectivity index (χ0v) is 23.0. The third-order valence-electron chi connectivity index (χ3n) is 10.9. The number of aliphatic hydroxyl groups excluding tert-OH is 1. The highest BCUT2D eigenvalue weighted by atomic mass is 32.2. The molecule has 3 saturated carbocycles. The number of ketones is 1. The number of Topliss-reactive ketones (excluding diaryl/α,β-unsaturated/α-hetero) is 1. The Balaban J connectivity index is 1.15. The number of fused-ring (bicyclic) bond motifs is 7. The van der Waals surface area contributed by atoms with E-state index >= 15 is 0 Å². The van der Waals surface area contributed by atoms with Gasteiger partial charge >= 0.3 is 0 Å². The summed E-state index contributed by atoms with van der Waals surface area (Å²) in [5, 5.41) is 28.6. The second-order valence-corrected chi connectivity index (χ2v) is 13.5. The normalized spacial score (nSPS) is 37.8. The first-order chi connectivity index (χ1) is 18.2. The molecule has 200 valence electrons. The van der Waals surface area contributed by atoms with Crippen LogP contribution >= 0.6 is 11.8 Å². The molecule has 4 aliphatic rings. The SMILES string of the molecule is Cn1c(SCC(=O)[C@@]2(O)CCC3C4CCC5=Cc6oncc6C[C@]5(C)C4[C@@H](O)C[C@@]32C)nc2ccccc21. The molecule has 0 amide bonds. The first-order valence-electron chi connectivity index (χ1n) is 13.8. The van der Waals surface area contributed by atoms with Crippen molar-refractivity contribution in [3.63, 3.8) is 0 Å². The summed E-state index contributed by atoms with van der Waals surface area (Å²) >= 11 is 1.39. The summed E-state index contributed by atoms with van der Waals surface area (Å²) in [6.45, 7) is 4.35. The number of thioether (sulfide) groups is 1. The summed E-state index contributed by atoms with van der Waals surface area (Å²) in [5.74, 6) is 1.44. The number of rotatable bonds is 4. The molecule has 3 fully saturated rings. The van der Waals surface area contributed by atoms with E-state index in [1.807, 2.05) is 42.1 Å². The van der Waals surface area contributed by atoms with E-state index in [1.165, 1.54) is 17.3 Å². The molecular weight excluding hydrogens is 498 g/mol. The number of aromatic nitrogens is 3. The lowest BCUT2D eigenvalue weighted by Crippen LogP contribution is -2.62. The predicted molar refractivity (Wildman–Crippen MR) is 145 cm³/mol. The van der Waals surface area contributed by atoms with Gasteiger partial charge < -0.3 is 19.3 Å². The van der Waals surface area contributed by atoms with Crippen molar-refractivity contribution in [1.29, 1.82) is 0 Å². The van der Waals surface area contributed by atoms with Crippen LogP contribution < -0.4 is 0 Å². The van der Waals surface area contributed by atoms with Crippen LogP contribution in [0.1, 0.15) is 57.3 Å². The third-order valence-corrected chi connectivity index (χ3v) is 11.9.